The number of aryl methyl sites for hydroxylation is 2. The first-order valence-electron chi connectivity index (χ1n) is 8.44. The summed E-state index contributed by atoms with van der Waals surface area (Å²) in [6.07, 6.45) is 1.36. The van der Waals surface area contributed by atoms with Gasteiger partial charge in [0.25, 0.3) is 5.56 Å². The highest BCUT2D eigenvalue weighted by Gasteiger charge is 2.14. The molecule has 0 unspecified atom stereocenters. The van der Waals surface area contributed by atoms with Gasteiger partial charge in [0, 0.05) is 15.8 Å². The van der Waals surface area contributed by atoms with Gasteiger partial charge in [0.2, 0.25) is 5.91 Å². The first-order chi connectivity index (χ1) is 13.5. The van der Waals surface area contributed by atoms with Crippen molar-refractivity contribution in [3.8, 4) is 11.3 Å². The summed E-state index contributed by atoms with van der Waals surface area (Å²) in [4.78, 5) is 35.5. The number of thioether (sulfide) groups is 1. The van der Waals surface area contributed by atoms with Gasteiger partial charge in [0.1, 0.15) is 11.2 Å². The number of fused-ring (bicyclic) bond motifs is 1. The quantitative estimate of drug-likeness (QED) is 0.485. The fraction of sp³-hybridized carbons (Fsp3) is 0.158. The summed E-state index contributed by atoms with van der Waals surface area (Å²) in [5.74, 6) is -0.122. The first kappa shape index (κ1) is 18.9. The molecule has 1 amide bonds. The number of hydrogen-bond donors (Lipinski definition) is 1. The van der Waals surface area contributed by atoms with Crippen molar-refractivity contribution in [3.05, 3.63) is 62.8 Å². The number of nitrogens with zero attached hydrogens (tertiary/aromatic N) is 3. The SMILES string of the molecule is Cc1sc2ncn(NC(=O)CSc3nc(-c4ccccc4)cs3)c(=O)c2c1C. The van der Waals surface area contributed by atoms with Crippen LogP contribution in [0.1, 0.15) is 10.4 Å². The van der Waals surface area contributed by atoms with E-state index in [1.165, 1.54) is 40.8 Å². The van der Waals surface area contributed by atoms with E-state index in [0.29, 0.717) is 10.2 Å². The van der Waals surface area contributed by atoms with Crippen LogP contribution in [0.4, 0.5) is 0 Å². The van der Waals surface area contributed by atoms with E-state index < -0.39 is 0 Å². The van der Waals surface area contributed by atoms with Gasteiger partial charge in [-0.2, -0.15) is 0 Å². The minimum atomic E-state index is -0.283. The Bertz CT molecular complexity index is 1210. The van der Waals surface area contributed by atoms with E-state index in [1.807, 2.05) is 49.6 Å². The zero-order valence-electron chi connectivity index (χ0n) is 15.1. The van der Waals surface area contributed by atoms with Crippen molar-refractivity contribution < 1.29 is 4.79 Å². The standard InChI is InChI=1S/C19H16N4O2S3/c1-11-12(2)28-17-16(11)18(25)23(10-20-17)22-15(24)9-27-19-21-14(8-26-19)13-6-4-3-5-7-13/h3-8,10H,9H2,1-2H3,(H,22,24). The third kappa shape index (κ3) is 3.73. The molecule has 4 rings (SSSR count). The molecule has 28 heavy (non-hydrogen) atoms. The number of hydrogen-bond acceptors (Lipinski definition) is 7. The molecule has 9 heteroatoms. The van der Waals surface area contributed by atoms with Crippen LogP contribution in [0, 0.1) is 13.8 Å². The first-order valence-corrected chi connectivity index (χ1v) is 11.1. The molecule has 1 N–H and O–H groups in total. The highest BCUT2D eigenvalue weighted by atomic mass is 32.2. The number of rotatable bonds is 5. The Morgan fingerprint density at radius 3 is 2.82 bits per heavy atom. The van der Waals surface area contributed by atoms with Crippen LogP contribution in [0.2, 0.25) is 0 Å². The molecule has 0 aliphatic carbocycles. The maximum atomic E-state index is 12.6. The second-order valence-corrected chi connectivity index (χ2v) is 9.36. The number of carbonyl (C=O) groups is 1. The van der Waals surface area contributed by atoms with Gasteiger partial charge in [0.15, 0.2) is 4.34 Å². The van der Waals surface area contributed by atoms with E-state index in [1.54, 1.807) is 0 Å². The summed E-state index contributed by atoms with van der Waals surface area (Å²) in [6, 6.07) is 9.89. The van der Waals surface area contributed by atoms with Crippen LogP contribution >= 0.6 is 34.4 Å². The fourth-order valence-corrected chi connectivity index (χ4v) is 5.29. The molecule has 1 aromatic carbocycles. The summed E-state index contributed by atoms with van der Waals surface area (Å²) in [6.45, 7) is 3.85. The van der Waals surface area contributed by atoms with E-state index in [9.17, 15) is 9.59 Å². The van der Waals surface area contributed by atoms with E-state index in [2.05, 4.69) is 15.4 Å². The van der Waals surface area contributed by atoms with Crippen LogP contribution in [-0.2, 0) is 4.79 Å². The van der Waals surface area contributed by atoms with Crippen LogP contribution in [0.15, 0.2) is 51.2 Å². The van der Waals surface area contributed by atoms with Crippen LogP contribution in [-0.4, -0.2) is 26.3 Å². The lowest BCUT2D eigenvalue weighted by molar-refractivity contribution is -0.114. The van der Waals surface area contributed by atoms with Crippen molar-refractivity contribution in [2.24, 2.45) is 0 Å². The predicted octanol–water partition coefficient (Wildman–Crippen LogP) is 4.06. The highest BCUT2D eigenvalue weighted by Crippen LogP contribution is 2.28. The molecule has 0 saturated carbocycles. The fourth-order valence-electron chi connectivity index (χ4n) is 2.67. The zero-order valence-corrected chi connectivity index (χ0v) is 17.6. The highest BCUT2D eigenvalue weighted by molar-refractivity contribution is 8.01. The monoisotopic (exact) mass is 428 g/mol. The molecule has 0 bridgehead atoms. The Morgan fingerprint density at radius 2 is 2.04 bits per heavy atom. The molecular weight excluding hydrogens is 412 g/mol. The third-order valence-corrected chi connectivity index (χ3v) is 7.35. The minimum absolute atomic E-state index is 0.161. The summed E-state index contributed by atoms with van der Waals surface area (Å²) < 4.78 is 1.96. The molecule has 3 heterocycles. The average Bonchev–Trinajstić information content (AvgIpc) is 3.28. The molecule has 0 atom stereocenters. The van der Waals surface area contributed by atoms with E-state index in [0.717, 1.165) is 30.7 Å². The largest absolute Gasteiger partial charge is 0.281 e. The summed E-state index contributed by atoms with van der Waals surface area (Å²) in [5, 5.41) is 2.53. The Balaban J connectivity index is 1.43. The van der Waals surface area contributed by atoms with Gasteiger partial charge < -0.3 is 0 Å². The number of amides is 1. The molecule has 4 aromatic rings. The number of benzene rings is 1. The van der Waals surface area contributed by atoms with Crippen LogP contribution < -0.4 is 11.0 Å². The minimum Gasteiger partial charge on any atom is -0.272 e. The Morgan fingerprint density at radius 1 is 1.25 bits per heavy atom. The zero-order chi connectivity index (χ0) is 19.7. The van der Waals surface area contributed by atoms with Crippen molar-refractivity contribution in [1.29, 1.82) is 0 Å². The van der Waals surface area contributed by atoms with Crippen LogP contribution in [0.25, 0.3) is 21.5 Å². The summed E-state index contributed by atoms with van der Waals surface area (Å²) in [7, 11) is 0. The van der Waals surface area contributed by atoms with Gasteiger partial charge >= 0.3 is 0 Å². The molecular formula is C19H16N4O2S3. The van der Waals surface area contributed by atoms with Crippen molar-refractivity contribution in [2.75, 3.05) is 11.2 Å². The number of thiazole rings is 1. The molecule has 0 radical (unpaired) electrons. The number of carbonyl (C=O) groups excluding carboxylic acids is 1. The third-order valence-electron chi connectivity index (χ3n) is 4.21. The Labute approximate surface area is 173 Å². The second kappa shape index (κ2) is 7.86. The van der Waals surface area contributed by atoms with Gasteiger partial charge in [0.05, 0.1) is 16.8 Å². The summed E-state index contributed by atoms with van der Waals surface area (Å²) >= 11 is 4.32. The Kier molecular flexibility index (Phi) is 5.29. The molecule has 142 valence electrons. The average molecular weight is 429 g/mol. The molecule has 0 aliphatic rings. The summed E-state index contributed by atoms with van der Waals surface area (Å²) in [5.41, 5.74) is 5.20. The van der Waals surface area contributed by atoms with E-state index in [-0.39, 0.29) is 17.2 Å². The lowest BCUT2D eigenvalue weighted by Crippen LogP contribution is -2.34. The van der Waals surface area contributed by atoms with Gasteiger partial charge in [-0.05, 0) is 19.4 Å². The van der Waals surface area contributed by atoms with Gasteiger partial charge in [-0.1, -0.05) is 42.1 Å². The van der Waals surface area contributed by atoms with Crippen molar-refractivity contribution in [3.63, 3.8) is 0 Å². The number of aromatic nitrogens is 3. The van der Waals surface area contributed by atoms with Crippen molar-refractivity contribution >= 4 is 50.6 Å². The topological polar surface area (TPSA) is 76.9 Å². The maximum absolute atomic E-state index is 12.6. The number of nitrogens with one attached hydrogen (secondary N) is 1. The van der Waals surface area contributed by atoms with Gasteiger partial charge in [-0.15, -0.1) is 22.7 Å². The number of thiophene rings is 1. The molecule has 0 saturated heterocycles. The molecule has 3 aromatic heterocycles. The lowest BCUT2D eigenvalue weighted by Gasteiger charge is -2.07. The van der Waals surface area contributed by atoms with Crippen LogP contribution in [0.5, 0.6) is 0 Å². The molecule has 0 fully saturated rings. The predicted molar refractivity (Wildman–Crippen MR) is 116 cm³/mol. The normalized spacial score (nSPS) is 11.1. The van der Waals surface area contributed by atoms with Gasteiger partial charge in [-0.25, -0.2) is 14.6 Å². The molecule has 0 spiro atoms. The smallest absolute Gasteiger partial charge is 0.272 e. The Hall–Kier alpha value is -2.49. The molecule has 6 nitrogen and oxygen atoms in total. The van der Waals surface area contributed by atoms with Crippen molar-refractivity contribution in [1.82, 2.24) is 14.6 Å². The maximum Gasteiger partial charge on any atom is 0.281 e. The second-order valence-electron chi connectivity index (χ2n) is 6.07. The van der Waals surface area contributed by atoms with Crippen LogP contribution in [0.3, 0.4) is 0 Å². The lowest BCUT2D eigenvalue weighted by atomic mass is 10.2. The van der Waals surface area contributed by atoms with Crippen molar-refractivity contribution in [2.45, 2.75) is 18.2 Å². The molecule has 0 aliphatic heterocycles. The van der Waals surface area contributed by atoms with E-state index in [4.69, 9.17) is 0 Å². The van der Waals surface area contributed by atoms with Gasteiger partial charge in [-0.3, -0.25) is 15.0 Å². The van der Waals surface area contributed by atoms with E-state index >= 15 is 0 Å².